The van der Waals surface area contributed by atoms with Crippen molar-refractivity contribution < 1.29 is 0 Å². The van der Waals surface area contributed by atoms with Gasteiger partial charge in [0.1, 0.15) is 0 Å². The number of hydrogen-bond donors (Lipinski definition) is 0. The third-order valence-corrected chi connectivity index (χ3v) is 5.64. The molecule has 1 saturated carbocycles. The van der Waals surface area contributed by atoms with Crippen LogP contribution in [0.1, 0.15) is 98.3 Å². The maximum atomic E-state index is 6.40. The molecule has 0 aliphatic heterocycles. The van der Waals surface area contributed by atoms with Gasteiger partial charge in [0, 0.05) is 0 Å². The Morgan fingerprint density at radius 3 is 1.47 bits per heavy atom. The van der Waals surface area contributed by atoms with Crippen molar-refractivity contribution in [1.82, 2.24) is 0 Å². The van der Waals surface area contributed by atoms with Crippen LogP contribution in [-0.4, -0.2) is 7.85 Å². The Kier molecular flexibility index (Phi) is 6.98. The summed E-state index contributed by atoms with van der Waals surface area (Å²) in [5.74, 6) is 0.817. The van der Waals surface area contributed by atoms with Gasteiger partial charge in [-0.3, -0.25) is 0 Å². The third kappa shape index (κ3) is 6.36. The van der Waals surface area contributed by atoms with E-state index in [2.05, 4.69) is 27.7 Å². The summed E-state index contributed by atoms with van der Waals surface area (Å²) in [6.45, 7) is 9.60. The van der Waals surface area contributed by atoms with E-state index in [0.717, 1.165) is 5.92 Å². The zero-order chi connectivity index (χ0) is 14.4. The monoisotopic (exact) mass is 262 g/mol. The molecule has 2 unspecified atom stereocenters. The standard InChI is InChI=1S/C18H35B/c1-16(2)17(3)12-8-5-6-10-14-18(4,19)15-11-7-9-13-17/h16H,5-15H2,1-4H3. The molecule has 1 rings (SSSR count). The van der Waals surface area contributed by atoms with Gasteiger partial charge >= 0.3 is 0 Å². The molecule has 0 saturated heterocycles. The second-order valence-electron chi connectivity index (χ2n) is 7.94. The average molecular weight is 262 g/mol. The minimum Gasteiger partial charge on any atom is -0.0688 e. The predicted octanol–water partition coefficient (Wildman–Crippen LogP) is 6.30. The van der Waals surface area contributed by atoms with Crippen molar-refractivity contribution >= 4 is 7.85 Å². The van der Waals surface area contributed by atoms with E-state index in [0.29, 0.717) is 5.41 Å². The van der Waals surface area contributed by atoms with Crippen LogP contribution in [0.5, 0.6) is 0 Å². The molecule has 0 nitrogen and oxygen atoms in total. The van der Waals surface area contributed by atoms with E-state index in [9.17, 15) is 0 Å². The fraction of sp³-hybridized carbons (Fsp3) is 1.00. The first kappa shape index (κ1) is 17.1. The lowest BCUT2D eigenvalue weighted by Gasteiger charge is -2.34. The Morgan fingerprint density at radius 1 is 0.684 bits per heavy atom. The molecule has 1 aliphatic rings. The molecule has 19 heavy (non-hydrogen) atoms. The normalized spacial score (nSPS) is 36.3. The second kappa shape index (κ2) is 7.74. The molecule has 1 aliphatic carbocycles. The molecule has 0 aromatic heterocycles. The minimum atomic E-state index is 0.0927. The van der Waals surface area contributed by atoms with Crippen molar-refractivity contribution in [3.8, 4) is 0 Å². The highest BCUT2D eigenvalue weighted by Crippen LogP contribution is 2.40. The first-order chi connectivity index (χ1) is 8.86. The summed E-state index contributed by atoms with van der Waals surface area (Å²) in [5, 5.41) is 0.0927. The maximum Gasteiger partial charge on any atom is 0.0742 e. The van der Waals surface area contributed by atoms with Crippen molar-refractivity contribution in [2.24, 2.45) is 11.3 Å². The summed E-state index contributed by atoms with van der Waals surface area (Å²) in [5.41, 5.74) is 0.570. The smallest absolute Gasteiger partial charge is 0.0688 e. The van der Waals surface area contributed by atoms with Gasteiger partial charge in [0.05, 0.1) is 7.85 Å². The fourth-order valence-corrected chi connectivity index (χ4v) is 3.47. The van der Waals surface area contributed by atoms with Crippen LogP contribution in [0.4, 0.5) is 0 Å². The fourth-order valence-electron chi connectivity index (χ4n) is 3.47. The molecule has 1 heteroatoms. The lowest BCUT2D eigenvalue weighted by molar-refractivity contribution is 0.169. The first-order valence-electron chi connectivity index (χ1n) is 8.65. The van der Waals surface area contributed by atoms with Gasteiger partial charge in [-0.05, 0) is 24.2 Å². The van der Waals surface area contributed by atoms with Crippen LogP contribution in [-0.2, 0) is 0 Å². The zero-order valence-electron chi connectivity index (χ0n) is 13.9. The van der Waals surface area contributed by atoms with Crippen LogP contribution in [0.25, 0.3) is 0 Å². The maximum absolute atomic E-state index is 6.40. The molecule has 0 heterocycles. The molecular weight excluding hydrogens is 227 g/mol. The average Bonchev–Trinajstić information content (AvgIpc) is 2.33. The van der Waals surface area contributed by atoms with Gasteiger partial charge in [-0.15, -0.1) is 0 Å². The van der Waals surface area contributed by atoms with Crippen molar-refractivity contribution in [1.29, 1.82) is 0 Å². The molecule has 1 fully saturated rings. The predicted molar refractivity (Wildman–Crippen MR) is 87.9 cm³/mol. The number of rotatable bonds is 1. The minimum absolute atomic E-state index is 0.0927. The van der Waals surface area contributed by atoms with E-state index in [1.807, 2.05) is 0 Å². The van der Waals surface area contributed by atoms with Gasteiger partial charge in [-0.2, -0.15) is 0 Å². The van der Waals surface area contributed by atoms with Crippen LogP contribution in [0.2, 0.25) is 5.31 Å². The van der Waals surface area contributed by atoms with Crippen LogP contribution in [0, 0.1) is 11.3 Å². The second-order valence-corrected chi connectivity index (χ2v) is 7.94. The van der Waals surface area contributed by atoms with Gasteiger partial charge in [0.15, 0.2) is 0 Å². The van der Waals surface area contributed by atoms with Crippen molar-refractivity contribution in [3.05, 3.63) is 0 Å². The van der Waals surface area contributed by atoms with E-state index < -0.39 is 0 Å². The summed E-state index contributed by atoms with van der Waals surface area (Å²) in [4.78, 5) is 0. The molecule has 0 spiro atoms. The topological polar surface area (TPSA) is 0 Å². The van der Waals surface area contributed by atoms with Crippen LogP contribution >= 0.6 is 0 Å². The summed E-state index contributed by atoms with van der Waals surface area (Å²) in [6.07, 6.45) is 14.9. The Balaban J connectivity index is 2.52. The van der Waals surface area contributed by atoms with Crippen LogP contribution in [0.3, 0.4) is 0 Å². The van der Waals surface area contributed by atoms with E-state index in [1.54, 1.807) is 0 Å². The summed E-state index contributed by atoms with van der Waals surface area (Å²) >= 11 is 0. The van der Waals surface area contributed by atoms with Crippen molar-refractivity contribution in [3.63, 3.8) is 0 Å². The van der Waals surface area contributed by atoms with Gasteiger partial charge in [0.2, 0.25) is 0 Å². The Hall–Kier alpha value is 0.0649. The van der Waals surface area contributed by atoms with Crippen molar-refractivity contribution in [2.75, 3.05) is 0 Å². The molecule has 0 bridgehead atoms. The highest BCUT2D eigenvalue weighted by atomic mass is 14.3. The molecule has 2 atom stereocenters. The van der Waals surface area contributed by atoms with E-state index >= 15 is 0 Å². The third-order valence-electron chi connectivity index (χ3n) is 5.64. The van der Waals surface area contributed by atoms with Crippen molar-refractivity contribution in [2.45, 2.75) is 104 Å². The largest absolute Gasteiger partial charge is 0.0742 e. The summed E-state index contributed by atoms with van der Waals surface area (Å²) in [6, 6.07) is 0. The molecule has 110 valence electrons. The highest BCUT2D eigenvalue weighted by molar-refractivity contribution is 6.14. The zero-order valence-corrected chi connectivity index (χ0v) is 13.9. The number of hydrogen-bond acceptors (Lipinski definition) is 0. The molecule has 0 aromatic rings. The van der Waals surface area contributed by atoms with Gasteiger partial charge in [-0.25, -0.2) is 0 Å². The SMILES string of the molecule is [B]C1(C)CCCCCCC(C)(C(C)C)CCCCC1. The van der Waals surface area contributed by atoms with Crippen LogP contribution in [0.15, 0.2) is 0 Å². The quantitative estimate of drug-likeness (QED) is 0.486. The van der Waals surface area contributed by atoms with Gasteiger partial charge < -0.3 is 0 Å². The Bertz CT molecular complexity index is 244. The van der Waals surface area contributed by atoms with Gasteiger partial charge in [-0.1, -0.05) is 90.8 Å². The highest BCUT2D eigenvalue weighted by Gasteiger charge is 2.27. The van der Waals surface area contributed by atoms with Gasteiger partial charge in [0.25, 0.3) is 0 Å². The summed E-state index contributed by atoms with van der Waals surface area (Å²) < 4.78 is 0. The van der Waals surface area contributed by atoms with E-state index in [1.165, 1.54) is 70.6 Å². The lowest BCUT2D eigenvalue weighted by Crippen LogP contribution is -2.23. The van der Waals surface area contributed by atoms with Crippen LogP contribution < -0.4 is 0 Å². The lowest BCUT2D eigenvalue weighted by atomic mass is 9.64. The summed E-state index contributed by atoms with van der Waals surface area (Å²) in [7, 11) is 6.40. The first-order valence-corrected chi connectivity index (χ1v) is 8.65. The Morgan fingerprint density at radius 2 is 1.05 bits per heavy atom. The molecule has 0 aromatic carbocycles. The molecular formula is C18H35B. The Labute approximate surface area is 123 Å². The molecule has 2 radical (unpaired) electrons. The molecule has 0 N–H and O–H groups in total. The van der Waals surface area contributed by atoms with E-state index in [-0.39, 0.29) is 5.31 Å². The molecule has 0 amide bonds. The van der Waals surface area contributed by atoms with E-state index in [4.69, 9.17) is 7.85 Å².